The molecule has 1 aromatic rings. The molecule has 34 heavy (non-hydrogen) atoms. The second kappa shape index (κ2) is 8.21. The SMILES string of the molecule is C[C@]12CC[C@H](OC(=O)OCC(N)=O)CC1=CC[C@@H]1[C@@H]2CC[C@]2(C)C(c3cccnc3)=CCC12F. The number of fused-ring (bicyclic) bond motifs is 5. The number of carbonyl (C=O) groups excluding carboxylic acids is 2. The van der Waals surface area contributed by atoms with Gasteiger partial charge in [-0.05, 0) is 60.6 Å². The second-order valence-electron chi connectivity index (χ2n) is 10.9. The molecule has 1 aromatic heterocycles. The van der Waals surface area contributed by atoms with E-state index < -0.39 is 29.8 Å². The fourth-order valence-corrected chi connectivity index (χ4v) is 7.48. The van der Waals surface area contributed by atoms with Gasteiger partial charge in [0.05, 0.1) is 0 Å². The van der Waals surface area contributed by atoms with Gasteiger partial charge >= 0.3 is 6.16 Å². The number of primary amides is 1. The van der Waals surface area contributed by atoms with Crippen molar-refractivity contribution in [1.82, 2.24) is 4.98 Å². The maximum absolute atomic E-state index is 17.1. The number of nitrogens with zero attached hydrogens (tertiary/aromatic N) is 1. The van der Waals surface area contributed by atoms with Gasteiger partial charge in [-0.2, -0.15) is 0 Å². The van der Waals surface area contributed by atoms with Crippen molar-refractivity contribution in [3.05, 3.63) is 47.8 Å². The van der Waals surface area contributed by atoms with Gasteiger partial charge in [-0.15, -0.1) is 0 Å². The molecule has 0 aliphatic heterocycles. The average Bonchev–Trinajstić information content (AvgIpc) is 3.10. The second-order valence-corrected chi connectivity index (χ2v) is 10.9. The van der Waals surface area contributed by atoms with Gasteiger partial charge in [0.15, 0.2) is 6.61 Å². The summed E-state index contributed by atoms with van der Waals surface area (Å²) in [6.07, 6.45) is 11.9. The number of rotatable bonds is 4. The van der Waals surface area contributed by atoms with E-state index in [0.717, 1.165) is 30.4 Å². The molecule has 4 aliphatic carbocycles. The maximum Gasteiger partial charge on any atom is 0.509 e. The van der Waals surface area contributed by atoms with Gasteiger partial charge in [0.25, 0.3) is 5.91 Å². The van der Waals surface area contributed by atoms with Gasteiger partial charge in [-0.25, -0.2) is 9.18 Å². The van der Waals surface area contributed by atoms with Crippen molar-refractivity contribution < 1.29 is 23.5 Å². The highest BCUT2D eigenvalue weighted by Gasteiger charge is 2.65. The van der Waals surface area contributed by atoms with Crippen LogP contribution in [0.3, 0.4) is 0 Å². The number of halogens is 1. The highest BCUT2D eigenvalue weighted by atomic mass is 19.1. The topological polar surface area (TPSA) is 91.5 Å². The molecule has 5 rings (SSSR count). The third-order valence-corrected chi connectivity index (χ3v) is 9.31. The molecule has 0 spiro atoms. The van der Waals surface area contributed by atoms with Gasteiger partial charge in [0, 0.05) is 36.6 Å². The first kappa shape index (κ1) is 23.1. The predicted molar refractivity (Wildman–Crippen MR) is 125 cm³/mol. The Balaban J connectivity index is 1.34. The smallest absolute Gasteiger partial charge is 0.431 e. The minimum absolute atomic E-state index is 0.0385. The lowest BCUT2D eigenvalue weighted by Gasteiger charge is -2.60. The molecule has 4 aliphatic rings. The first-order chi connectivity index (χ1) is 16.2. The first-order valence-corrected chi connectivity index (χ1v) is 12.3. The molecule has 0 radical (unpaired) electrons. The Morgan fingerprint density at radius 2 is 2.03 bits per heavy atom. The molecular formula is C27H33FN2O4. The number of hydrogen-bond acceptors (Lipinski definition) is 5. The minimum Gasteiger partial charge on any atom is -0.431 e. The van der Waals surface area contributed by atoms with Crippen LogP contribution < -0.4 is 5.73 Å². The number of nitrogens with two attached hydrogens (primary N) is 1. The monoisotopic (exact) mass is 468 g/mol. The lowest BCUT2D eigenvalue weighted by Crippen LogP contribution is -2.57. The Labute approximate surface area is 199 Å². The number of alkyl halides is 1. The maximum atomic E-state index is 17.1. The van der Waals surface area contributed by atoms with Crippen LogP contribution in [0.25, 0.3) is 5.57 Å². The van der Waals surface area contributed by atoms with Crippen LogP contribution in [0, 0.1) is 22.7 Å². The average molecular weight is 469 g/mol. The summed E-state index contributed by atoms with van der Waals surface area (Å²) in [5.41, 5.74) is 6.53. The standard InChI is InChI=1S/C27H33FN2O4/c1-25-10-7-19(34-24(32)33-16-23(29)31)14-18(25)5-6-22-21(25)8-11-26(2)20(9-12-27(22,26)28)17-4-3-13-30-15-17/h3-5,9,13,15,19,21-22H,6-8,10-12,14,16H2,1-2H3,(H2,29,31)/t19-,21-,22+,25-,26+,27?/m0/s1. The highest BCUT2D eigenvalue weighted by Crippen LogP contribution is 2.69. The summed E-state index contributed by atoms with van der Waals surface area (Å²) in [7, 11) is 0. The molecule has 7 heteroatoms. The molecule has 2 N–H and O–H groups in total. The van der Waals surface area contributed by atoms with Crippen LogP contribution in [0.15, 0.2) is 42.3 Å². The minimum atomic E-state index is -1.28. The van der Waals surface area contributed by atoms with E-state index in [-0.39, 0.29) is 23.4 Å². The summed E-state index contributed by atoms with van der Waals surface area (Å²) in [5, 5.41) is 0. The molecule has 2 fully saturated rings. The normalized spacial score (nSPS) is 38.5. The largest absolute Gasteiger partial charge is 0.509 e. The fraction of sp³-hybridized carbons (Fsp3) is 0.593. The zero-order chi connectivity index (χ0) is 24.1. The van der Waals surface area contributed by atoms with Crippen molar-refractivity contribution in [2.75, 3.05) is 6.61 Å². The Bertz CT molecular complexity index is 1060. The lowest BCUT2D eigenvalue weighted by atomic mass is 9.46. The molecule has 1 amide bonds. The molecule has 0 saturated heterocycles. The number of aromatic nitrogens is 1. The Morgan fingerprint density at radius 3 is 2.76 bits per heavy atom. The molecule has 6 atom stereocenters. The van der Waals surface area contributed by atoms with E-state index in [1.54, 1.807) is 6.20 Å². The van der Waals surface area contributed by atoms with Crippen LogP contribution in [0.2, 0.25) is 0 Å². The summed E-state index contributed by atoms with van der Waals surface area (Å²) >= 11 is 0. The van der Waals surface area contributed by atoms with Gasteiger partial charge in [0.2, 0.25) is 0 Å². The van der Waals surface area contributed by atoms with Crippen LogP contribution in [0.1, 0.15) is 64.4 Å². The van der Waals surface area contributed by atoms with Crippen LogP contribution >= 0.6 is 0 Å². The summed E-state index contributed by atoms with van der Waals surface area (Å²) in [6.45, 7) is 3.90. The van der Waals surface area contributed by atoms with Crippen molar-refractivity contribution in [3.8, 4) is 0 Å². The van der Waals surface area contributed by atoms with Crippen molar-refractivity contribution in [3.63, 3.8) is 0 Å². The molecule has 6 nitrogen and oxygen atoms in total. The molecule has 1 heterocycles. The molecule has 0 aromatic carbocycles. The van der Waals surface area contributed by atoms with Gasteiger partial charge < -0.3 is 15.2 Å². The van der Waals surface area contributed by atoms with Crippen LogP contribution in [0.5, 0.6) is 0 Å². The number of amides is 1. The molecule has 0 bridgehead atoms. The van der Waals surface area contributed by atoms with Crippen molar-refractivity contribution in [1.29, 1.82) is 0 Å². The highest BCUT2D eigenvalue weighted by molar-refractivity contribution is 5.77. The van der Waals surface area contributed by atoms with E-state index in [1.165, 1.54) is 5.57 Å². The third-order valence-electron chi connectivity index (χ3n) is 9.31. The van der Waals surface area contributed by atoms with Crippen molar-refractivity contribution in [2.45, 2.75) is 70.6 Å². The van der Waals surface area contributed by atoms with Crippen molar-refractivity contribution >= 4 is 17.6 Å². The summed E-state index contributed by atoms with van der Waals surface area (Å²) in [6, 6.07) is 3.96. The van der Waals surface area contributed by atoms with Crippen LogP contribution in [-0.4, -0.2) is 35.4 Å². The Kier molecular flexibility index (Phi) is 5.57. The lowest BCUT2D eigenvalue weighted by molar-refractivity contribution is -0.122. The van der Waals surface area contributed by atoms with E-state index in [0.29, 0.717) is 25.7 Å². The number of allylic oxidation sites excluding steroid dienone is 3. The van der Waals surface area contributed by atoms with Gasteiger partial charge in [-0.3, -0.25) is 9.78 Å². The van der Waals surface area contributed by atoms with E-state index in [9.17, 15) is 9.59 Å². The van der Waals surface area contributed by atoms with E-state index >= 15 is 4.39 Å². The third kappa shape index (κ3) is 3.46. The van der Waals surface area contributed by atoms with Gasteiger partial charge in [-0.1, -0.05) is 37.6 Å². The summed E-state index contributed by atoms with van der Waals surface area (Å²) in [4.78, 5) is 27.0. The van der Waals surface area contributed by atoms with Crippen LogP contribution in [-0.2, 0) is 14.3 Å². The van der Waals surface area contributed by atoms with E-state index in [1.807, 2.05) is 18.3 Å². The summed E-state index contributed by atoms with van der Waals surface area (Å²) < 4.78 is 27.3. The van der Waals surface area contributed by atoms with Gasteiger partial charge in [0.1, 0.15) is 11.8 Å². The number of hydrogen-bond donors (Lipinski definition) is 1. The number of pyridine rings is 1. The quantitative estimate of drug-likeness (QED) is 0.488. The molecule has 1 unspecified atom stereocenters. The molecular weight excluding hydrogens is 435 g/mol. The Morgan fingerprint density at radius 1 is 1.21 bits per heavy atom. The van der Waals surface area contributed by atoms with Crippen molar-refractivity contribution in [2.24, 2.45) is 28.4 Å². The van der Waals surface area contributed by atoms with E-state index in [4.69, 9.17) is 15.2 Å². The number of ether oxygens (including phenoxy) is 2. The van der Waals surface area contributed by atoms with E-state index in [2.05, 4.69) is 31.0 Å². The fourth-order valence-electron chi connectivity index (χ4n) is 7.48. The predicted octanol–water partition coefficient (Wildman–Crippen LogP) is 5.14. The zero-order valence-electron chi connectivity index (χ0n) is 19.9. The molecule has 182 valence electrons. The zero-order valence-corrected chi connectivity index (χ0v) is 19.9. The summed E-state index contributed by atoms with van der Waals surface area (Å²) in [5.74, 6) is -0.495. The first-order valence-electron chi connectivity index (χ1n) is 12.3. The number of carbonyl (C=O) groups is 2. The van der Waals surface area contributed by atoms with Crippen LogP contribution in [0.4, 0.5) is 9.18 Å². The Hall–Kier alpha value is -2.70. The molecule has 2 saturated carbocycles.